The molecule has 0 aliphatic heterocycles. The van der Waals surface area contributed by atoms with Gasteiger partial charge >= 0.3 is 0 Å². The molecular formula is C14H11N3O3S. The number of aromatic nitrogens is 1. The Hall–Kier alpha value is -2.67. The number of phenolic OH excluding ortho intramolecular Hbond substituents is 3. The third kappa shape index (κ3) is 2.77. The van der Waals surface area contributed by atoms with Crippen molar-refractivity contribution in [3.8, 4) is 17.2 Å². The van der Waals surface area contributed by atoms with Crippen LogP contribution in [0.15, 0.2) is 46.6 Å². The van der Waals surface area contributed by atoms with Crippen LogP contribution < -0.4 is 0 Å². The summed E-state index contributed by atoms with van der Waals surface area (Å²) in [6.45, 7) is -0.00608. The van der Waals surface area contributed by atoms with Crippen LogP contribution in [0.25, 0.3) is 10.2 Å². The standard InChI is InChI=1S/C14H11N3O3S/c18-8-5-11(19)9(12(20)6-8)7-15-17-14-16-10-3-1-2-4-13(10)21-14/h1-6,18-20H,7H2. The van der Waals surface area contributed by atoms with E-state index in [9.17, 15) is 15.3 Å². The van der Waals surface area contributed by atoms with E-state index in [-0.39, 0.29) is 29.4 Å². The first-order valence-electron chi connectivity index (χ1n) is 6.10. The first kappa shape index (κ1) is 13.3. The zero-order chi connectivity index (χ0) is 14.8. The molecule has 0 aliphatic rings. The monoisotopic (exact) mass is 301 g/mol. The second-order valence-corrected chi connectivity index (χ2v) is 5.34. The number of thiazole rings is 1. The average Bonchev–Trinajstić information content (AvgIpc) is 2.84. The van der Waals surface area contributed by atoms with Crippen LogP contribution in [0.4, 0.5) is 5.13 Å². The van der Waals surface area contributed by atoms with E-state index >= 15 is 0 Å². The maximum absolute atomic E-state index is 9.65. The molecule has 3 aromatic rings. The maximum atomic E-state index is 9.65. The molecule has 21 heavy (non-hydrogen) atoms. The molecule has 6 nitrogen and oxygen atoms in total. The number of para-hydroxylation sites is 1. The van der Waals surface area contributed by atoms with Gasteiger partial charge in [0.1, 0.15) is 17.2 Å². The number of benzene rings is 2. The first-order chi connectivity index (χ1) is 10.1. The van der Waals surface area contributed by atoms with Crippen LogP contribution in [-0.2, 0) is 6.54 Å². The van der Waals surface area contributed by atoms with Gasteiger partial charge in [-0.1, -0.05) is 23.5 Å². The Morgan fingerprint density at radius 1 is 1.05 bits per heavy atom. The fraction of sp³-hybridized carbons (Fsp3) is 0.0714. The quantitative estimate of drug-likeness (QED) is 0.642. The van der Waals surface area contributed by atoms with Crippen molar-refractivity contribution >= 4 is 26.7 Å². The van der Waals surface area contributed by atoms with Crippen molar-refractivity contribution in [1.82, 2.24) is 4.98 Å². The molecule has 2 aromatic carbocycles. The third-order valence-electron chi connectivity index (χ3n) is 2.86. The number of rotatable bonds is 3. The van der Waals surface area contributed by atoms with Gasteiger partial charge in [-0.15, -0.1) is 5.11 Å². The molecule has 0 amide bonds. The summed E-state index contributed by atoms with van der Waals surface area (Å²) in [6.07, 6.45) is 0. The van der Waals surface area contributed by atoms with Crippen molar-refractivity contribution in [2.24, 2.45) is 10.2 Å². The summed E-state index contributed by atoms with van der Waals surface area (Å²) >= 11 is 1.41. The molecule has 0 aliphatic carbocycles. The van der Waals surface area contributed by atoms with Crippen molar-refractivity contribution in [2.75, 3.05) is 0 Å². The predicted octanol–water partition coefficient (Wildman–Crippen LogP) is 3.70. The number of azo groups is 1. The maximum Gasteiger partial charge on any atom is 0.230 e. The number of hydrogen-bond donors (Lipinski definition) is 3. The molecule has 1 aromatic heterocycles. The van der Waals surface area contributed by atoms with E-state index in [1.54, 1.807) is 0 Å². The summed E-state index contributed by atoms with van der Waals surface area (Å²) in [5.41, 5.74) is 1.06. The van der Waals surface area contributed by atoms with Crippen LogP contribution in [-0.4, -0.2) is 20.3 Å². The van der Waals surface area contributed by atoms with Crippen molar-refractivity contribution in [1.29, 1.82) is 0 Å². The molecule has 0 fully saturated rings. The van der Waals surface area contributed by atoms with E-state index in [0.717, 1.165) is 22.3 Å². The minimum Gasteiger partial charge on any atom is -0.508 e. The molecule has 3 N–H and O–H groups in total. The highest BCUT2D eigenvalue weighted by molar-refractivity contribution is 7.21. The summed E-state index contributed by atoms with van der Waals surface area (Å²) in [4.78, 5) is 4.30. The lowest BCUT2D eigenvalue weighted by Gasteiger charge is -2.04. The summed E-state index contributed by atoms with van der Waals surface area (Å²) in [7, 11) is 0. The van der Waals surface area contributed by atoms with Gasteiger partial charge in [0.15, 0.2) is 0 Å². The Labute approximate surface area is 123 Å². The van der Waals surface area contributed by atoms with Gasteiger partial charge in [-0.3, -0.25) is 0 Å². The number of aromatic hydroxyl groups is 3. The van der Waals surface area contributed by atoms with Crippen molar-refractivity contribution in [3.05, 3.63) is 42.0 Å². The first-order valence-corrected chi connectivity index (χ1v) is 6.92. The molecule has 7 heteroatoms. The number of fused-ring (bicyclic) bond motifs is 1. The van der Waals surface area contributed by atoms with Crippen molar-refractivity contribution in [3.63, 3.8) is 0 Å². The highest BCUT2D eigenvalue weighted by Gasteiger charge is 2.09. The molecule has 0 spiro atoms. The highest BCUT2D eigenvalue weighted by Crippen LogP contribution is 2.33. The normalized spacial score (nSPS) is 11.4. The largest absolute Gasteiger partial charge is 0.508 e. The Morgan fingerprint density at radius 3 is 2.48 bits per heavy atom. The minimum atomic E-state index is -0.226. The topological polar surface area (TPSA) is 98.3 Å². The molecule has 0 saturated heterocycles. The summed E-state index contributed by atoms with van der Waals surface area (Å²) in [5.74, 6) is -0.664. The van der Waals surface area contributed by atoms with Crippen LogP contribution in [0.2, 0.25) is 0 Å². The Morgan fingerprint density at radius 2 is 1.76 bits per heavy atom. The molecule has 1 heterocycles. The van der Waals surface area contributed by atoms with Gasteiger partial charge in [0.2, 0.25) is 5.13 Å². The zero-order valence-corrected chi connectivity index (χ0v) is 11.6. The van der Waals surface area contributed by atoms with Crippen LogP contribution in [0.1, 0.15) is 5.56 Å². The molecule has 0 unspecified atom stereocenters. The molecule has 0 atom stereocenters. The highest BCUT2D eigenvalue weighted by atomic mass is 32.1. The van der Waals surface area contributed by atoms with Gasteiger partial charge in [-0.2, -0.15) is 5.11 Å². The van der Waals surface area contributed by atoms with E-state index in [1.807, 2.05) is 24.3 Å². The molecule has 106 valence electrons. The summed E-state index contributed by atoms with van der Waals surface area (Å²) < 4.78 is 1.02. The van der Waals surface area contributed by atoms with E-state index in [2.05, 4.69) is 15.2 Å². The van der Waals surface area contributed by atoms with E-state index < -0.39 is 0 Å². The second-order valence-electron chi connectivity index (χ2n) is 4.33. The van der Waals surface area contributed by atoms with E-state index in [4.69, 9.17) is 0 Å². The molecule has 0 saturated carbocycles. The van der Waals surface area contributed by atoms with Gasteiger partial charge in [-0.25, -0.2) is 4.98 Å². The van der Waals surface area contributed by atoms with Crippen LogP contribution >= 0.6 is 11.3 Å². The van der Waals surface area contributed by atoms with Gasteiger partial charge in [-0.05, 0) is 12.1 Å². The van der Waals surface area contributed by atoms with Crippen LogP contribution in [0.3, 0.4) is 0 Å². The van der Waals surface area contributed by atoms with Crippen molar-refractivity contribution < 1.29 is 15.3 Å². The summed E-state index contributed by atoms with van der Waals surface area (Å²) in [5, 5.41) is 36.9. The lowest BCUT2D eigenvalue weighted by molar-refractivity contribution is 0.419. The fourth-order valence-corrected chi connectivity index (χ4v) is 2.66. The zero-order valence-electron chi connectivity index (χ0n) is 10.8. The smallest absolute Gasteiger partial charge is 0.230 e. The molecule has 3 rings (SSSR count). The van der Waals surface area contributed by atoms with Gasteiger partial charge < -0.3 is 15.3 Å². The number of nitrogens with zero attached hydrogens (tertiary/aromatic N) is 3. The lowest BCUT2D eigenvalue weighted by atomic mass is 10.1. The van der Waals surface area contributed by atoms with E-state index in [0.29, 0.717) is 5.13 Å². The fourth-order valence-electron chi connectivity index (χ4n) is 1.86. The molecule has 0 bridgehead atoms. The number of hydrogen-bond acceptors (Lipinski definition) is 7. The SMILES string of the molecule is Oc1cc(O)c(CN=Nc2nc3ccccc3s2)c(O)c1. The second kappa shape index (κ2) is 5.37. The predicted molar refractivity (Wildman–Crippen MR) is 79.3 cm³/mol. The van der Waals surface area contributed by atoms with Crippen molar-refractivity contribution in [2.45, 2.75) is 6.54 Å². The summed E-state index contributed by atoms with van der Waals surface area (Å²) in [6, 6.07) is 9.94. The van der Waals surface area contributed by atoms with E-state index in [1.165, 1.54) is 11.3 Å². The van der Waals surface area contributed by atoms with Gasteiger partial charge in [0.05, 0.1) is 22.3 Å². The Balaban J connectivity index is 1.81. The van der Waals surface area contributed by atoms with Gasteiger partial charge in [0, 0.05) is 12.1 Å². The van der Waals surface area contributed by atoms with Gasteiger partial charge in [0.25, 0.3) is 0 Å². The number of phenols is 3. The Bertz CT molecular complexity index is 773. The Kier molecular flexibility index (Phi) is 3.41. The lowest BCUT2D eigenvalue weighted by Crippen LogP contribution is -1.83. The molecule has 0 radical (unpaired) electrons. The van der Waals surface area contributed by atoms with Crippen LogP contribution in [0.5, 0.6) is 17.2 Å². The third-order valence-corrected chi connectivity index (χ3v) is 3.78. The molecular weight excluding hydrogens is 290 g/mol. The average molecular weight is 301 g/mol. The van der Waals surface area contributed by atoms with Crippen LogP contribution in [0, 0.1) is 0 Å². The minimum absolute atomic E-state index is 0.00608.